The van der Waals surface area contributed by atoms with Gasteiger partial charge in [0.15, 0.2) is 11.6 Å². The molecule has 0 amide bonds. The van der Waals surface area contributed by atoms with E-state index in [1.165, 1.54) is 12.1 Å². The molecule has 1 unspecified atom stereocenters. The minimum atomic E-state index is -3.72. The van der Waals surface area contributed by atoms with E-state index < -0.39 is 15.8 Å². The molecule has 38 heavy (non-hydrogen) atoms. The summed E-state index contributed by atoms with van der Waals surface area (Å²) in [6.45, 7) is 6.00. The van der Waals surface area contributed by atoms with Crippen LogP contribution >= 0.6 is 0 Å². The predicted octanol–water partition coefficient (Wildman–Crippen LogP) is 5.21. The Labute approximate surface area is 223 Å². The smallest absolute Gasteiger partial charge is 0.206 e. The maximum absolute atomic E-state index is 13.8. The molecule has 0 fully saturated rings. The lowest BCUT2D eigenvalue weighted by molar-refractivity contribution is -0.118. The fraction of sp³-hybridized carbons (Fsp3) is 0.226. The summed E-state index contributed by atoms with van der Waals surface area (Å²) < 4.78 is 26.3. The second kappa shape index (κ2) is 9.40. The Balaban J connectivity index is 1.63. The number of allylic oxidation sites excluding steroid dienone is 3. The molecule has 1 heterocycles. The Morgan fingerprint density at radius 2 is 1.50 bits per heavy atom. The summed E-state index contributed by atoms with van der Waals surface area (Å²) in [7, 11) is -3.72. The van der Waals surface area contributed by atoms with Crippen molar-refractivity contribution in [1.29, 1.82) is 0 Å². The molecular formula is C31H30N2O4S. The van der Waals surface area contributed by atoms with Crippen molar-refractivity contribution in [1.82, 2.24) is 5.32 Å². The van der Waals surface area contributed by atoms with Crippen molar-refractivity contribution in [2.45, 2.75) is 49.3 Å². The monoisotopic (exact) mass is 526 g/mol. The van der Waals surface area contributed by atoms with Gasteiger partial charge in [-0.2, -0.15) is 0 Å². The Hall–Kier alpha value is -3.97. The quantitative estimate of drug-likeness (QED) is 0.442. The van der Waals surface area contributed by atoms with Gasteiger partial charge in [-0.15, -0.1) is 0 Å². The highest BCUT2D eigenvalue weighted by Gasteiger charge is 2.43. The van der Waals surface area contributed by atoms with Crippen LogP contribution < -0.4 is 11.1 Å². The summed E-state index contributed by atoms with van der Waals surface area (Å²) in [6, 6.07) is 21.9. The maximum atomic E-state index is 13.8. The van der Waals surface area contributed by atoms with Gasteiger partial charge < -0.3 is 11.1 Å². The first-order valence-electron chi connectivity index (χ1n) is 12.5. The molecule has 1 aliphatic heterocycles. The lowest BCUT2D eigenvalue weighted by Gasteiger charge is -2.39. The Morgan fingerprint density at radius 3 is 2.13 bits per heavy atom. The first kappa shape index (κ1) is 25.7. The van der Waals surface area contributed by atoms with Crippen LogP contribution in [0.25, 0.3) is 0 Å². The lowest BCUT2D eigenvalue weighted by atomic mass is 9.68. The van der Waals surface area contributed by atoms with Crippen molar-refractivity contribution < 1.29 is 18.0 Å². The molecule has 0 saturated heterocycles. The number of carbonyl (C=O) groups excluding carboxylic acids is 2. The topological polar surface area (TPSA) is 106 Å². The van der Waals surface area contributed by atoms with Gasteiger partial charge in [-0.25, -0.2) is 8.42 Å². The van der Waals surface area contributed by atoms with Gasteiger partial charge in [0.05, 0.1) is 15.4 Å². The molecule has 5 rings (SSSR count). The number of hydrogen-bond acceptors (Lipinski definition) is 6. The Bertz CT molecular complexity index is 1600. The standard InChI is InChI=1S/C31H30N2O4S/c1-19-9-11-21(12-10-19)29(35)28-26(27-24(33-30(28)32)17-31(2,3)18-25(27)34)20-13-15-23(16-14-20)38(36,37)22-7-5-4-6-8-22/h4-16,26,33H,17-18,32H2,1-3H3. The molecular weight excluding hydrogens is 496 g/mol. The van der Waals surface area contributed by atoms with E-state index >= 15 is 0 Å². The predicted molar refractivity (Wildman–Crippen MR) is 146 cm³/mol. The number of Topliss-reactive ketones (excluding diaryl/α,β-unsaturated/α-hetero) is 2. The van der Waals surface area contributed by atoms with E-state index in [1.54, 1.807) is 54.6 Å². The van der Waals surface area contributed by atoms with Gasteiger partial charge in [0, 0.05) is 29.2 Å². The first-order valence-corrected chi connectivity index (χ1v) is 14.0. The zero-order chi connectivity index (χ0) is 27.2. The molecule has 3 aromatic carbocycles. The number of aryl methyl sites for hydroxylation is 1. The number of ketones is 2. The van der Waals surface area contributed by atoms with Crippen molar-refractivity contribution in [2.75, 3.05) is 0 Å². The zero-order valence-corrected chi connectivity index (χ0v) is 22.4. The summed E-state index contributed by atoms with van der Waals surface area (Å²) >= 11 is 0. The zero-order valence-electron chi connectivity index (χ0n) is 21.6. The molecule has 0 aromatic heterocycles. The highest BCUT2D eigenvalue weighted by Crippen LogP contribution is 2.46. The van der Waals surface area contributed by atoms with Crippen molar-refractivity contribution in [3.05, 3.63) is 118 Å². The SMILES string of the molecule is Cc1ccc(C(=O)C2=C(N)NC3=C(C(=O)CC(C)(C)C3)C2c2ccc(S(=O)(=O)c3ccccc3)cc2)cc1. The summed E-state index contributed by atoms with van der Waals surface area (Å²) in [6.07, 6.45) is 0.953. The molecule has 0 spiro atoms. The number of carbonyl (C=O) groups is 2. The van der Waals surface area contributed by atoms with Crippen molar-refractivity contribution in [3.63, 3.8) is 0 Å². The van der Waals surface area contributed by atoms with Gasteiger partial charge in [0.2, 0.25) is 9.84 Å². The van der Waals surface area contributed by atoms with E-state index in [2.05, 4.69) is 5.32 Å². The minimum Gasteiger partial charge on any atom is -0.385 e. The van der Waals surface area contributed by atoms with E-state index in [1.807, 2.05) is 32.9 Å². The number of dihydropyridines is 1. The molecule has 3 aromatic rings. The second-order valence-electron chi connectivity index (χ2n) is 10.8. The highest BCUT2D eigenvalue weighted by atomic mass is 32.2. The normalized spacial score (nSPS) is 19.1. The molecule has 0 radical (unpaired) electrons. The number of rotatable bonds is 5. The molecule has 7 heteroatoms. The van der Waals surface area contributed by atoms with Gasteiger partial charge >= 0.3 is 0 Å². The summed E-state index contributed by atoms with van der Waals surface area (Å²) in [5, 5.41) is 3.17. The lowest BCUT2D eigenvalue weighted by Crippen LogP contribution is -2.41. The summed E-state index contributed by atoms with van der Waals surface area (Å²) in [5.74, 6) is -0.815. The largest absolute Gasteiger partial charge is 0.385 e. The Kier molecular flexibility index (Phi) is 6.35. The van der Waals surface area contributed by atoms with Crippen LogP contribution in [0.2, 0.25) is 0 Å². The van der Waals surface area contributed by atoms with Crippen molar-refractivity contribution in [3.8, 4) is 0 Å². The van der Waals surface area contributed by atoms with Crippen LogP contribution in [0.5, 0.6) is 0 Å². The van der Waals surface area contributed by atoms with Crippen LogP contribution in [0.4, 0.5) is 0 Å². The van der Waals surface area contributed by atoms with Gasteiger partial charge in [-0.1, -0.05) is 74.0 Å². The fourth-order valence-corrected chi connectivity index (χ4v) is 6.62. The van der Waals surface area contributed by atoms with Crippen molar-refractivity contribution in [2.24, 2.45) is 11.1 Å². The molecule has 0 saturated carbocycles. The molecule has 0 bridgehead atoms. The molecule has 1 atom stereocenters. The average molecular weight is 527 g/mol. The number of hydrogen-bond donors (Lipinski definition) is 2. The van der Waals surface area contributed by atoms with Crippen LogP contribution in [0, 0.1) is 12.3 Å². The van der Waals surface area contributed by atoms with Crippen LogP contribution in [-0.4, -0.2) is 20.0 Å². The number of benzene rings is 3. The number of nitrogens with two attached hydrogens (primary N) is 1. The Morgan fingerprint density at radius 1 is 0.895 bits per heavy atom. The van der Waals surface area contributed by atoms with Gasteiger partial charge in [0.25, 0.3) is 0 Å². The molecule has 6 nitrogen and oxygen atoms in total. The van der Waals surface area contributed by atoms with Crippen molar-refractivity contribution >= 4 is 21.4 Å². The molecule has 2 aliphatic rings. The third-order valence-corrected chi connectivity index (χ3v) is 8.99. The molecule has 194 valence electrons. The molecule has 1 aliphatic carbocycles. The van der Waals surface area contributed by atoms with E-state index in [-0.39, 0.29) is 32.6 Å². The fourth-order valence-electron chi connectivity index (χ4n) is 5.33. The van der Waals surface area contributed by atoms with E-state index in [0.29, 0.717) is 35.1 Å². The van der Waals surface area contributed by atoms with Gasteiger partial charge in [-0.05, 0) is 48.6 Å². The first-order chi connectivity index (χ1) is 18.0. The van der Waals surface area contributed by atoms with Crippen LogP contribution in [0.15, 0.2) is 111 Å². The van der Waals surface area contributed by atoms with Gasteiger partial charge in [-0.3, -0.25) is 9.59 Å². The number of sulfone groups is 1. The average Bonchev–Trinajstić information content (AvgIpc) is 2.88. The van der Waals surface area contributed by atoms with Gasteiger partial charge in [0.1, 0.15) is 5.82 Å². The highest BCUT2D eigenvalue weighted by molar-refractivity contribution is 7.91. The van der Waals surface area contributed by atoms with E-state index in [9.17, 15) is 18.0 Å². The maximum Gasteiger partial charge on any atom is 0.206 e. The molecule has 3 N–H and O–H groups in total. The summed E-state index contributed by atoms with van der Waals surface area (Å²) in [4.78, 5) is 27.7. The third kappa shape index (κ3) is 4.58. The minimum absolute atomic E-state index is 0.0450. The summed E-state index contributed by atoms with van der Waals surface area (Å²) in [5.41, 5.74) is 9.90. The van der Waals surface area contributed by atoms with Crippen LogP contribution in [-0.2, 0) is 14.6 Å². The van der Waals surface area contributed by atoms with Crippen LogP contribution in [0.1, 0.15) is 54.1 Å². The third-order valence-electron chi connectivity index (χ3n) is 7.21. The van der Waals surface area contributed by atoms with Crippen LogP contribution in [0.3, 0.4) is 0 Å². The van der Waals surface area contributed by atoms with E-state index in [0.717, 1.165) is 11.3 Å². The van der Waals surface area contributed by atoms with E-state index in [4.69, 9.17) is 5.73 Å². The second-order valence-corrected chi connectivity index (χ2v) is 12.7. The number of nitrogens with one attached hydrogen (secondary N) is 1.